The zero-order valence-corrected chi connectivity index (χ0v) is 18.2. The van der Waals surface area contributed by atoms with Crippen LogP contribution in [0.1, 0.15) is 25.3 Å². The Kier molecular flexibility index (Phi) is 9.06. The summed E-state index contributed by atoms with van der Waals surface area (Å²) in [6, 6.07) is 20.8. The van der Waals surface area contributed by atoms with Gasteiger partial charge in [0.25, 0.3) is 0 Å². The maximum absolute atomic E-state index is 12.3. The van der Waals surface area contributed by atoms with Gasteiger partial charge in [-0.15, -0.1) is 11.8 Å². The van der Waals surface area contributed by atoms with Gasteiger partial charge < -0.3 is 10.2 Å². The molecule has 1 aliphatic rings. The predicted octanol–water partition coefficient (Wildman–Crippen LogP) is 3.88. The van der Waals surface area contributed by atoms with E-state index in [9.17, 15) is 4.79 Å². The van der Waals surface area contributed by atoms with Crippen LogP contribution in [0.4, 0.5) is 0 Å². The van der Waals surface area contributed by atoms with E-state index in [4.69, 9.17) is 0 Å². The summed E-state index contributed by atoms with van der Waals surface area (Å²) < 4.78 is 0. The molecule has 0 bridgehead atoms. The molecule has 1 N–H and O–H groups in total. The number of nitrogens with one attached hydrogen (secondary N) is 1. The summed E-state index contributed by atoms with van der Waals surface area (Å²) in [7, 11) is 0. The second-order valence-corrected chi connectivity index (χ2v) is 9.09. The van der Waals surface area contributed by atoms with Gasteiger partial charge in [-0.05, 0) is 44.0 Å². The lowest BCUT2D eigenvalue weighted by molar-refractivity contribution is -0.120. The number of nitrogens with zero attached hydrogens (tertiary/aromatic N) is 2. The lowest BCUT2D eigenvalue weighted by Gasteiger charge is -2.34. The number of benzene rings is 2. The second-order valence-electron chi connectivity index (χ2n) is 7.67. The van der Waals surface area contributed by atoms with Gasteiger partial charge in [0.1, 0.15) is 0 Å². The number of carbonyl (C=O) groups is 1. The van der Waals surface area contributed by atoms with Crippen LogP contribution in [0.3, 0.4) is 0 Å². The number of thioether (sulfide) groups is 1. The fourth-order valence-electron chi connectivity index (χ4n) is 3.59. The van der Waals surface area contributed by atoms with Crippen molar-refractivity contribution in [3.63, 3.8) is 0 Å². The van der Waals surface area contributed by atoms with Crippen molar-refractivity contribution >= 4 is 17.7 Å². The zero-order chi connectivity index (χ0) is 20.3. The van der Waals surface area contributed by atoms with Crippen molar-refractivity contribution in [3.8, 4) is 0 Å². The van der Waals surface area contributed by atoms with Crippen molar-refractivity contribution in [1.82, 2.24) is 15.1 Å². The highest BCUT2D eigenvalue weighted by Crippen LogP contribution is 2.22. The first-order chi connectivity index (χ1) is 14.2. The molecule has 0 spiro atoms. The smallest absolute Gasteiger partial charge is 0.233 e. The molecule has 3 rings (SSSR count). The van der Waals surface area contributed by atoms with E-state index >= 15 is 0 Å². The van der Waals surface area contributed by atoms with Crippen molar-refractivity contribution in [1.29, 1.82) is 0 Å². The molecule has 1 fully saturated rings. The van der Waals surface area contributed by atoms with Crippen molar-refractivity contribution < 1.29 is 4.79 Å². The quantitative estimate of drug-likeness (QED) is 0.475. The van der Waals surface area contributed by atoms with E-state index in [1.54, 1.807) is 11.8 Å². The summed E-state index contributed by atoms with van der Waals surface area (Å²) in [4.78, 5) is 18.5. The van der Waals surface area contributed by atoms with Crippen LogP contribution in [0.25, 0.3) is 0 Å². The molecule has 4 nitrogen and oxygen atoms in total. The molecule has 2 aromatic rings. The first-order valence-corrected chi connectivity index (χ1v) is 11.6. The molecule has 1 atom stereocenters. The molecular weight excluding hydrogens is 378 g/mol. The standard InChI is InChI=1S/C24H33N3OS/c1-21(29-23-12-6-3-7-13-23)24(28)25-14-8-9-15-26-16-18-27(19-17-26)20-22-10-4-2-5-11-22/h2-7,10-13,21H,8-9,14-20H2,1H3,(H,25,28). The molecule has 1 unspecified atom stereocenters. The second kappa shape index (κ2) is 12.0. The maximum atomic E-state index is 12.3. The summed E-state index contributed by atoms with van der Waals surface area (Å²) in [5, 5.41) is 3.03. The molecule has 0 radical (unpaired) electrons. The highest BCUT2D eigenvalue weighted by Gasteiger charge is 2.17. The van der Waals surface area contributed by atoms with Gasteiger partial charge in [-0.3, -0.25) is 9.69 Å². The summed E-state index contributed by atoms with van der Waals surface area (Å²) in [5.74, 6) is 0.133. The molecule has 0 aliphatic carbocycles. The fourth-order valence-corrected chi connectivity index (χ4v) is 4.50. The van der Waals surface area contributed by atoms with Crippen molar-refractivity contribution in [2.24, 2.45) is 0 Å². The molecule has 156 valence electrons. The minimum atomic E-state index is -0.0601. The van der Waals surface area contributed by atoms with E-state index in [1.165, 1.54) is 5.56 Å². The van der Waals surface area contributed by atoms with Crippen LogP contribution in [-0.4, -0.2) is 60.2 Å². The van der Waals surface area contributed by atoms with Crippen LogP contribution in [0.5, 0.6) is 0 Å². The average Bonchev–Trinajstić information content (AvgIpc) is 2.76. The van der Waals surface area contributed by atoms with Crippen LogP contribution in [0, 0.1) is 0 Å². The first-order valence-electron chi connectivity index (χ1n) is 10.7. The lowest BCUT2D eigenvalue weighted by Crippen LogP contribution is -2.46. The average molecular weight is 412 g/mol. The largest absolute Gasteiger partial charge is 0.355 e. The molecule has 5 heteroatoms. The Bertz CT molecular complexity index is 717. The van der Waals surface area contributed by atoms with E-state index in [2.05, 4.69) is 45.4 Å². The highest BCUT2D eigenvalue weighted by molar-refractivity contribution is 8.00. The van der Waals surface area contributed by atoms with Crippen molar-refractivity contribution in [2.45, 2.75) is 36.5 Å². The van der Waals surface area contributed by atoms with Crippen LogP contribution in [0.15, 0.2) is 65.6 Å². The Hall–Kier alpha value is -1.82. The van der Waals surface area contributed by atoms with Crippen molar-refractivity contribution in [3.05, 3.63) is 66.2 Å². The Morgan fingerprint density at radius 2 is 1.55 bits per heavy atom. The minimum absolute atomic E-state index is 0.0601. The Morgan fingerprint density at radius 3 is 2.24 bits per heavy atom. The maximum Gasteiger partial charge on any atom is 0.233 e. The number of carbonyl (C=O) groups excluding carboxylic acids is 1. The number of unbranched alkanes of at least 4 members (excludes halogenated alkanes) is 1. The number of piperazine rings is 1. The van der Waals surface area contributed by atoms with Gasteiger partial charge in [0.05, 0.1) is 5.25 Å². The van der Waals surface area contributed by atoms with E-state index < -0.39 is 0 Å². The molecule has 29 heavy (non-hydrogen) atoms. The third-order valence-corrected chi connectivity index (χ3v) is 6.45. The zero-order valence-electron chi connectivity index (χ0n) is 17.4. The topological polar surface area (TPSA) is 35.6 Å². The van der Waals surface area contributed by atoms with Crippen LogP contribution < -0.4 is 5.32 Å². The van der Waals surface area contributed by atoms with Gasteiger partial charge >= 0.3 is 0 Å². The SMILES string of the molecule is CC(Sc1ccccc1)C(=O)NCCCCN1CCN(Cc2ccccc2)CC1. The van der Waals surface area contributed by atoms with Gasteiger partial charge in [-0.25, -0.2) is 0 Å². The summed E-state index contributed by atoms with van der Waals surface area (Å²) in [5.41, 5.74) is 1.40. The summed E-state index contributed by atoms with van der Waals surface area (Å²) in [6.45, 7) is 9.49. The Labute approximate surface area is 179 Å². The number of hydrogen-bond acceptors (Lipinski definition) is 4. The van der Waals surface area contributed by atoms with Crippen LogP contribution >= 0.6 is 11.8 Å². The summed E-state index contributed by atoms with van der Waals surface area (Å²) in [6.07, 6.45) is 2.18. The molecule has 0 aromatic heterocycles. The normalized spacial score (nSPS) is 16.4. The summed E-state index contributed by atoms with van der Waals surface area (Å²) >= 11 is 1.61. The first kappa shape index (κ1) is 21.9. The van der Waals surface area contributed by atoms with Gasteiger partial charge in [-0.2, -0.15) is 0 Å². The monoisotopic (exact) mass is 411 g/mol. The van der Waals surface area contributed by atoms with Gasteiger partial charge in [-0.1, -0.05) is 48.5 Å². The van der Waals surface area contributed by atoms with Gasteiger partial charge in [0, 0.05) is 44.2 Å². The van der Waals surface area contributed by atoms with E-state index in [-0.39, 0.29) is 11.2 Å². The van der Waals surface area contributed by atoms with E-state index in [1.807, 2.05) is 37.3 Å². The molecule has 1 aliphatic heterocycles. The molecule has 1 saturated heterocycles. The van der Waals surface area contributed by atoms with E-state index in [0.717, 1.165) is 63.6 Å². The number of rotatable bonds is 10. The lowest BCUT2D eigenvalue weighted by atomic mass is 10.2. The van der Waals surface area contributed by atoms with Crippen molar-refractivity contribution in [2.75, 3.05) is 39.3 Å². The Morgan fingerprint density at radius 1 is 0.931 bits per heavy atom. The fraction of sp³-hybridized carbons (Fsp3) is 0.458. The van der Waals surface area contributed by atoms with Gasteiger partial charge in [0.15, 0.2) is 0 Å². The predicted molar refractivity (Wildman–Crippen MR) is 122 cm³/mol. The minimum Gasteiger partial charge on any atom is -0.355 e. The number of amides is 1. The molecular formula is C24H33N3OS. The molecule has 0 saturated carbocycles. The van der Waals surface area contributed by atoms with E-state index in [0.29, 0.717) is 0 Å². The number of hydrogen-bond donors (Lipinski definition) is 1. The molecule has 1 amide bonds. The molecule has 2 aromatic carbocycles. The van der Waals surface area contributed by atoms with Gasteiger partial charge in [0.2, 0.25) is 5.91 Å². The Balaban J connectivity index is 1.23. The third kappa shape index (κ3) is 7.84. The third-order valence-electron chi connectivity index (χ3n) is 5.34. The van der Waals surface area contributed by atoms with Crippen LogP contribution in [-0.2, 0) is 11.3 Å². The molecule has 1 heterocycles. The highest BCUT2D eigenvalue weighted by atomic mass is 32.2. The van der Waals surface area contributed by atoms with Crippen LogP contribution in [0.2, 0.25) is 0 Å².